The molecule has 0 saturated carbocycles. The van der Waals surface area contributed by atoms with Gasteiger partial charge in [0.1, 0.15) is 24.5 Å². The molecule has 9 heteroatoms. The monoisotopic (exact) mass is 522 g/mol. The van der Waals surface area contributed by atoms with Gasteiger partial charge in [-0.3, -0.25) is 4.99 Å². The summed E-state index contributed by atoms with van der Waals surface area (Å²) in [6.07, 6.45) is 2.63. The summed E-state index contributed by atoms with van der Waals surface area (Å²) in [5, 5.41) is 14.5. The van der Waals surface area contributed by atoms with Crippen molar-refractivity contribution >= 4 is 45.9 Å². The van der Waals surface area contributed by atoms with Crippen LogP contribution < -0.4 is 15.4 Å². The van der Waals surface area contributed by atoms with Crippen molar-refractivity contribution in [1.29, 1.82) is 0 Å². The van der Waals surface area contributed by atoms with E-state index in [1.54, 1.807) is 13.4 Å². The highest BCUT2D eigenvalue weighted by molar-refractivity contribution is 14.0. The van der Waals surface area contributed by atoms with Crippen LogP contribution in [0, 0.1) is 0 Å². The molecular formula is C16H24BrIN6O. The molecule has 7 nitrogen and oxygen atoms in total. The highest BCUT2D eigenvalue weighted by Crippen LogP contribution is 2.17. The average Bonchev–Trinajstić information content (AvgIpc) is 3.04. The normalized spacial score (nSPS) is 10.9. The Hall–Kier alpha value is -1.36. The molecule has 0 saturated heterocycles. The second-order valence-electron chi connectivity index (χ2n) is 5.03. The van der Waals surface area contributed by atoms with Crippen molar-refractivity contribution in [3.8, 4) is 5.75 Å². The fourth-order valence-corrected chi connectivity index (χ4v) is 2.53. The van der Waals surface area contributed by atoms with E-state index < -0.39 is 0 Å². The van der Waals surface area contributed by atoms with Gasteiger partial charge in [0.05, 0.1) is 6.54 Å². The van der Waals surface area contributed by atoms with Crippen LogP contribution in [0.1, 0.15) is 12.7 Å². The predicted octanol–water partition coefficient (Wildman–Crippen LogP) is 2.47. The zero-order valence-corrected chi connectivity index (χ0v) is 18.3. The van der Waals surface area contributed by atoms with E-state index in [1.807, 2.05) is 28.8 Å². The first kappa shape index (κ1) is 21.7. The van der Waals surface area contributed by atoms with Gasteiger partial charge in [-0.15, -0.1) is 34.2 Å². The molecule has 1 heterocycles. The highest BCUT2D eigenvalue weighted by atomic mass is 127. The molecule has 2 rings (SSSR count). The van der Waals surface area contributed by atoms with Gasteiger partial charge < -0.3 is 19.9 Å². The lowest BCUT2D eigenvalue weighted by Gasteiger charge is -2.13. The molecule has 1 aromatic heterocycles. The first-order valence-electron chi connectivity index (χ1n) is 7.92. The number of ether oxygens (including phenoxy) is 1. The molecule has 0 aliphatic carbocycles. The molecule has 0 aliphatic rings. The number of aromatic nitrogens is 3. The minimum absolute atomic E-state index is 0. The first-order chi connectivity index (χ1) is 11.7. The largest absolute Gasteiger partial charge is 0.492 e. The van der Waals surface area contributed by atoms with Crippen LogP contribution in [0.15, 0.2) is 40.1 Å². The fourth-order valence-electron chi connectivity index (χ4n) is 2.15. The molecule has 1 aromatic carbocycles. The zero-order chi connectivity index (χ0) is 17.2. The van der Waals surface area contributed by atoms with Gasteiger partial charge in [-0.25, -0.2) is 0 Å². The molecule has 138 valence electrons. The topological polar surface area (TPSA) is 76.4 Å². The lowest BCUT2D eigenvalue weighted by Crippen LogP contribution is -2.40. The first-order valence-corrected chi connectivity index (χ1v) is 8.71. The van der Waals surface area contributed by atoms with Crippen LogP contribution >= 0.6 is 39.9 Å². The summed E-state index contributed by atoms with van der Waals surface area (Å²) in [7, 11) is 1.75. The van der Waals surface area contributed by atoms with Crippen molar-refractivity contribution in [3.05, 3.63) is 40.9 Å². The van der Waals surface area contributed by atoms with E-state index in [2.05, 4.69) is 48.7 Å². The van der Waals surface area contributed by atoms with Crippen molar-refractivity contribution < 1.29 is 4.74 Å². The number of aryl methyl sites for hydroxylation is 1. The minimum atomic E-state index is 0. The summed E-state index contributed by atoms with van der Waals surface area (Å²) in [6, 6.07) is 7.79. The number of rotatable bonds is 8. The van der Waals surface area contributed by atoms with Gasteiger partial charge in [0.25, 0.3) is 0 Å². The molecule has 0 aliphatic heterocycles. The van der Waals surface area contributed by atoms with Crippen LogP contribution in [0.3, 0.4) is 0 Å². The van der Waals surface area contributed by atoms with Crippen LogP contribution in [-0.4, -0.2) is 47.5 Å². The molecule has 25 heavy (non-hydrogen) atoms. The van der Waals surface area contributed by atoms with E-state index in [0.29, 0.717) is 13.2 Å². The molecule has 0 bridgehead atoms. The van der Waals surface area contributed by atoms with Gasteiger partial charge in [-0.1, -0.05) is 28.9 Å². The number of aliphatic imine (C=N–C) groups is 1. The highest BCUT2D eigenvalue weighted by Gasteiger charge is 2.02. The lowest BCUT2D eigenvalue weighted by molar-refractivity contribution is 0.321. The standard InChI is InChI=1S/C16H23BrN6O.HI/c1-3-15-22-21-12-23(15)9-7-19-16(18-2)20-8-10-24-14-6-4-5-13(17)11-14;/h4-6,11-12H,3,7-10H2,1-2H3,(H2,18,19,20);1H. The summed E-state index contributed by atoms with van der Waals surface area (Å²) < 4.78 is 8.72. The SMILES string of the molecule is CCc1nncn1CCNC(=NC)NCCOc1cccc(Br)c1.I. The number of hydrogen-bond donors (Lipinski definition) is 2. The van der Waals surface area contributed by atoms with Crippen LogP contribution in [0.25, 0.3) is 0 Å². The maximum Gasteiger partial charge on any atom is 0.191 e. The van der Waals surface area contributed by atoms with Crippen molar-refractivity contribution in [3.63, 3.8) is 0 Å². The number of hydrogen-bond acceptors (Lipinski definition) is 4. The molecule has 0 fully saturated rings. The molecule has 0 atom stereocenters. The van der Waals surface area contributed by atoms with E-state index in [0.717, 1.165) is 41.5 Å². The average molecular weight is 523 g/mol. The summed E-state index contributed by atoms with van der Waals surface area (Å²) in [5.41, 5.74) is 0. The molecule has 2 N–H and O–H groups in total. The van der Waals surface area contributed by atoms with E-state index in [4.69, 9.17) is 4.74 Å². The number of nitrogens with one attached hydrogen (secondary N) is 2. The molecular weight excluding hydrogens is 499 g/mol. The Morgan fingerprint density at radius 2 is 2.12 bits per heavy atom. The van der Waals surface area contributed by atoms with E-state index in [-0.39, 0.29) is 24.0 Å². The van der Waals surface area contributed by atoms with Gasteiger partial charge in [0.2, 0.25) is 0 Å². The maximum absolute atomic E-state index is 5.68. The second kappa shape index (κ2) is 12.1. The quantitative estimate of drug-likeness (QED) is 0.241. The van der Waals surface area contributed by atoms with Crippen molar-refractivity contribution in [2.45, 2.75) is 19.9 Å². The summed E-state index contributed by atoms with van der Waals surface area (Å²) >= 11 is 3.42. The van der Waals surface area contributed by atoms with E-state index in [9.17, 15) is 0 Å². The van der Waals surface area contributed by atoms with Crippen LogP contribution in [0.5, 0.6) is 5.75 Å². The van der Waals surface area contributed by atoms with Crippen molar-refractivity contribution in [1.82, 2.24) is 25.4 Å². The molecule has 0 radical (unpaired) electrons. The lowest BCUT2D eigenvalue weighted by atomic mass is 10.3. The van der Waals surface area contributed by atoms with Crippen molar-refractivity contribution in [2.24, 2.45) is 4.99 Å². The van der Waals surface area contributed by atoms with Crippen LogP contribution in [-0.2, 0) is 13.0 Å². The molecule has 2 aromatic rings. The fraction of sp³-hybridized carbons (Fsp3) is 0.438. The smallest absolute Gasteiger partial charge is 0.191 e. The Kier molecular flexibility index (Phi) is 10.5. The van der Waals surface area contributed by atoms with E-state index in [1.165, 1.54) is 0 Å². The number of benzene rings is 1. The summed E-state index contributed by atoms with van der Waals surface area (Å²) in [6.45, 7) is 4.84. The molecule has 0 unspecified atom stereocenters. The molecule has 0 spiro atoms. The van der Waals surface area contributed by atoms with Gasteiger partial charge in [0, 0.05) is 31.0 Å². The minimum Gasteiger partial charge on any atom is -0.492 e. The second-order valence-corrected chi connectivity index (χ2v) is 5.94. The predicted molar refractivity (Wildman–Crippen MR) is 114 cm³/mol. The van der Waals surface area contributed by atoms with Gasteiger partial charge in [-0.05, 0) is 18.2 Å². The number of nitrogens with zero attached hydrogens (tertiary/aromatic N) is 4. The Morgan fingerprint density at radius 1 is 1.32 bits per heavy atom. The van der Waals surface area contributed by atoms with Gasteiger partial charge in [-0.2, -0.15) is 0 Å². The number of guanidine groups is 1. The summed E-state index contributed by atoms with van der Waals surface area (Å²) in [5.74, 6) is 2.58. The van der Waals surface area contributed by atoms with Crippen molar-refractivity contribution in [2.75, 3.05) is 26.7 Å². The van der Waals surface area contributed by atoms with E-state index >= 15 is 0 Å². The Balaban J connectivity index is 0.00000312. The van der Waals surface area contributed by atoms with Gasteiger partial charge >= 0.3 is 0 Å². The van der Waals surface area contributed by atoms with Crippen LogP contribution in [0.2, 0.25) is 0 Å². The number of halogens is 2. The third kappa shape index (κ3) is 7.59. The van der Waals surface area contributed by atoms with Gasteiger partial charge in [0.15, 0.2) is 5.96 Å². The third-order valence-corrected chi connectivity index (χ3v) is 3.83. The third-order valence-electron chi connectivity index (χ3n) is 3.34. The zero-order valence-electron chi connectivity index (χ0n) is 14.4. The maximum atomic E-state index is 5.68. The Morgan fingerprint density at radius 3 is 2.84 bits per heavy atom. The Labute approximate surface area is 173 Å². The molecule has 0 amide bonds. The summed E-state index contributed by atoms with van der Waals surface area (Å²) in [4.78, 5) is 4.20. The Bertz CT molecular complexity index is 664. The van der Waals surface area contributed by atoms with Crippen LogP contribution in [0.4, 0.5) is 0 Å².